The van der Waals surface area contributed by atoms with E-state index in [-0.39, 0.29) is 11.3 Å². The molecule has 4 rings (SSSR count). The summed E-state index contributed by atoms with van der Waals surface area (Å²) in [5.74, 6) is 0.762. The molecule has 3 fully saturated rings. The highest BCUT2D eigenvalue weighted by Crippen LogP contribution is 2.47. The summed E-state index contributed by atoms with van der Waals surface area (Å²) in [7, 11) is 0. The van der Waals surface area contributed by atoms with E-state index in [1.54, 1.807) is 0 Å². The summed E-state index contributed by atoms with van der Waals surface area (Å²) in [4.78, 5) is 18.6. The molecule has 1 aromatic rings. The molecule has 0 spiro atoms. The van der Waals surface area contributed by atoms with Crippen molar-refractivity contribution in [3.05, 3.63) is 34.9 Å². The van der Waals surface area contributed by atoms with Gasteiger partial charge in [0, 0.05) is 37.2 Å². The predicted molar refractivity (Wildman–Crippen MR) is 121 cm³/mol. The molecule has 1 aromatic carbocycles. The van der Waals surface area contributed by atoms with Crippen LogP contribution in [-0.2, 0) is 16.0 Å². The molecular formula is C24H36ClN3O2. The molecule has 2 heterocycles. The number of amides is 1. The van der Waals surface area contributed by atoms with Crippen molar-refractivity contribution in [2.24, 2.45) is 11.3 Å². The summed E-state index contributed by atoms with van der Waals surface area (Å²) < 4.78 is 5.55. The Hall–Kier alpha value is -1.14. The van der Waals surface area contributed by atoms with E-state index in [9.17, 15) is 4.79 Å². The van der Waals surface area contributed by atoms with Crippen LogP contribution in [0.4, 0.5) is 0 Å². The van der Waals surface area contributed by atoms with Crippen LogP contribution >= 0.6 is 11.6 Å². The SMILES string of the molecule is CCN1CC[C@@H]2C[C@@H](N3CCOCC3)CC[C@@]2(C(=O)NCCc2ccc(Cl)cc2)C1. The van der Waals surface area contributed by atoms with Crippen LogP contribution in [0.15, 0.2) is 24.3 Å². The lowest BCUT2D eigenvalue weighted by Gasteiger charge is -2.53. The number of piperidine rings is 1. The zero-order chi connectivity index (χ0) is 21.0. The number of carbonyl (C=O) groups excluding carboxylic acids is 1. The standard InChI is InChI=1S/C24H36ClN3O2/c1-2-27-12-9-20-17-22(28-13-15-30-16-14-28)7-10-24(20,18-27)23(29)26-11-8-19-3-5-21(25)6-4-19/h3-6,20,22H,2,7-18H2,1H3,(H,26,29)/t20-,22+,24-/m1/s1. The molecule has 1 N–H and O–H groups in total. The first-order valence-electron chi connectivity index (χ1n) is 11.7. The zero-order valence-electron chi connectivity index (χ0n) is 18.2. The molecule has 1 saturated carbocycles. The highest BCUT2D eigenvalue weighted by atomic mass is 35.5. The average Bonchev–Trinajstić information content (AvgIpc) is 2.80. The number of likely N-dealkylation sites (tertiary alicyclic amines) is 1. The van der Waals surface area contributed by atoms with Crippen LogP contribution in [0.1, 0.15) is 38.2 Å². The van der Waals surface area contributed by atoms with Crippen LogP contribution in [0.2, 0.25) is 5.02 Å². The van der Waals surface area contributed by atoms with Gasteiger partial charge in [-0.2, -0.15) is 0 Å². The van der Waals surface area contributed by atoms with E-state index >= 15 is 0 Å². The maximum atomic E-state index is 13.6. The van der Waals surface area contributed by atoms with E-state index in [4.69, 9.17) is 16.3 Å². The molecule has 2 aliphatic heterocycles. The topological polar surface area (TPSA) is 44.8 Å². The number of rotatable bonds is 6. The van der Waals surface area contributed by atoms with Crippen molar-refractivity contribution in [3.8, 4) is 0 Å². The Kier molecular flexibility index (Phi) is 7.35. The molecule has 0 radical (unpaired) electrons. The van der Waals surface area contributed by atoms with Gasteiger partial charge in [0.25, 0.3) is 0 Å². The van der Waals surface area contributed by atoms with Gasteiger partial charge in [0.2, 0.25) is 5.91 Å². The summed E-state index contributed by atoms with van der Waals surface area (Å²) in [5.41, 5.74) is 0.987. The second-order valence-electron chi connectivity index (χ2n) is 9.22. The first-order chi connectivity index (χ1) is 14.6. The van der Waals surface area contributed by atoms with Gasteiger partial charge in [0.05, 0.1) is 18.6 Å². The lowest BCUT2D eigenvalue weighted by atomic mass is 9.61. The van der Waals surface area contributed by atoms with Crippen LogP contribution in [0.3, 0.4) is 0 Å². The summed E-state index contributed by atoms with van der Waals surface area (Å²) in [6, 6.07) is 8.54. The quantitative estimate of drug-likeness (QED) is 0.748. The molecule has 0 aromatic heterocycles. The van der Waals surface area contributed by atoms with E-state index in [1.165, 1.54) is 5.56 Å². The van der Waals surface area contributed by atoms with Crippen molar-refractivity contribution in [3.63, 3.8) is 0 Å². The van der Waals surface area contributed by atoms with Gasteiger partial charge in [0.15, 0.2) is 0 Å². The van der Waals surface area contributed by atoms with E-state index in [0.29, 0.717) is 18.5 Å². The van der Waals surface area contributed by atoms with Gasteiger partial charge in [-0.15, -0.1) is 0 Å². The van der Waals surface area contributed by atoms with Gasteiger partial charge in [-0.05, 0) is 68.8 Å². The normalized spacial score (nSPS) is 30.6. The summed E-state index contributed by atoms with van der Waals surface area (Å²) in [5, 5.41) is 4.07. The number of hydrogen-bond acceptors (Lipinski definition) is 4. The summed E-state index contributed by atoms with van der Waals surface area (Å²) >= 11 is 5.98. The van der Waals surface area contributed by atoms with Gasteiger partial charge in [-0.25, -0.2) is 0 Å². The smallest absolute Gasteiger partial charge is 0.227 e. The fraction of sp³-hybridized carbons (Fsp3) is 0.708. The zero-order valence-corrected chi connectivity index (χ0v) is 19.0. The number of halogens is 1. The first kappa shape index (κ1) is 22.1. The van der Waals surface area contributed by atoms with Crippen LogP contribution in [0, 0.1) is 11.3 Å². The summed E-state index contributed by atoms with van der Waals surface area (Å²) in [6.07, 6.45) is 5.26. The third-order valence-corrected chi connectivity index (χ3v) is 7.89. The molecule has 1 amide bonds. The number of morpholine rings is 1. The molecule has 2 saturated heterocycles. The second kappa shape index (κ2) is 9.99. The third-order valence-electron chi connectivity index (χ3n) is 7.64. The van der Waals surface area contributed by atoms with E-state index in [2.05, 4.69) is 22.0 Å². The molecule has 30 heavy (non-hydrogen) atoms. The maximum absolute atomic E-state index is 13.6. The number of hydrogen-bond donors (Lipinski definition) is 1. The van der Waals surface area contributed by atoms with Crippen molar-refractivity contribution < 1.29 is 9.53 Å². The minimum atomic E-state index is -0.225. The molecular weight excluding hydrogens is 398 g/mol. The molecule has 0 bridgehead atoms. The van der Waals surface area contributed by atoms with Crippen LogP contribution in [0.5, 0.6) is 0 Å². The number of nitrogens with one attached hydrogen (secondary N) is 1. The lowest BCUT2D eigenvalue weighted by molar-refractivity contribution is -0.144. The van der Waals surface area contributed by atoms with E-state index in [0.717, 1.165) is 83.1 Å². The van der Waals surface area contributed by atoms with Crippen molar-refractivity contribution >= 4 is 17.5 Å². The van der Waals surface area contributed by atoms with Crippen molar-refractivity contribution in [2.45, 2.75) is 45.1 Å². The van der Waals surface area contributed by atoms with Crippen LogP contribution in [-0.4, -0.2) is 74.2 Å². The fourth-order valence-corrected chi connectivity index (χ4v) is 5.91. The monoisotopic (exact) mass is 433 g/mol. The largest absolute Gasteiger partial charge is 0.379 e. The molecule has 0 unspecified atom stereocenters. The number of ether oxygens (including phenoxy) is 1. The van der Waals surface area contributed by atoms with Gasteiger partial charge < -0.3 is 15.0 Å². The third kappa shape index (κ3) is 4.85. The highest BCUT2D eigenvalue weighted by molar-refractivity contribution is 6.30. The first-order valence-corrected chi connectivity index (χ1v) is 12.1. The maximum Gasteiger partial charge on any atom is 0.227 e. The van der Waals surface area contributed by atoms with Gasteiger partial charge >= 0.3 is 0 Å². The Balaban J connectivity index is 1.40. The minimum absolute atomic E-state index is 0.225. The predicted octanol–water partition coefficient (Wildman–Crippen LogP) is 3.21. The number of fused-ring (bicyclic) bond motifs is 1. The Morgan fingerprint density at radius 3 is 2.70 bits per heavy atom. The van der Waals surface area contributed by atoms with Crippen molar-refractivity contribution in [1.82, 2.24) is 15.1 Å². The van der Waals surface area contributed by atoms with Crippen molar-refractivity contribution in [1.29, 1.82) is 0 Å². The molecule has 5 nitrogen and oxygen atoms in total. The highest BCUT2D eigenvalue weighted by Gasteiger charge is 2.52. The Labute approximate surface area is 186 Å². The molecule has 6 heteroatoms. The van der Waals surface area contributed by atoms with Gasteiger partial charge in [0.1, 0.15) is 0 Å². The molecule has 166 valence electrons. The van der Waals surface area contributed by atoms with E-state index < -0.39 is 0 Å². The minimum Gasteiger partial charge on any atom is -0.379 e. The van der Waals surface area contributed by atoms with Crippen molar-refractivity contribution in [2.75, 3.05) is 52.5 Å². The Morgan fingerprint density at radius 2 is 1.97 bits per heavy atom. The molecule has 1 aliphatic carbocycles. The summed E-state index contributed by atoms with van der Waals surface area (Å²) in [6.45, 7) is 9.74. The number of benzene rings is 1. The van der Waals surface area contributed by atoms with Gasteiger partial charge in [-0.3, -0.25) is 9.69 Å². The fourth-order valence-electron chi connectivity index (χ4n) is 5.78. The molecule has 3 atom stereocenters. The van der Waals surface area contributed by atoms with Gasteiger partial charge in [-0.1, -0.05) is 30.7 Å². The Bertz CT molecular complexity index is 707. The van der Waals surface area contributed by atoms with Crippen LogP contribution < -0.4 is 5.32 Å². The number of carbonyl (C=O) groups is 1. The van der Waals surface area contributed by atoms with Crippen LogP contribution in [0.25, 0.3) is 0 Å². The molecule has 3 aliphatic rings. The number of nitrogens with zero attached hydrogens (tertiary/aromatic N) is 2. The van der Waals surface area contributed by atoms with E-state index in [1.807, 2.05) is 24.3 Å². The Morgan fingerprint density at radius 1 is 1.20 bits per heavy atom. The lowest BCUT2D eigenvalue weighted by Crippen LogP contribution is -2.61. The average molecular weight is 434 g/mol. The second-order valence-corrected chi connectivity index (χ2v) is 9.66.